The van der Waals surface area contributed by atoms with Gasteiger partial charge in [0, 0.05) is 29.3 Å². The van der Waals surface area contributed by atoms with Crippen LogP contribution in [0.5, 0.6) is 0 Å². The molecule has 106 valence electrons. The lowest BCUT2D eigenvalue weighted by atomic mass is 10.1. The Morgan fingerprint density at radius 1 is 1.24 bits per heavy atom. The van der Waals surface area contributed by atoms with E-state index in [0.717, 1.165) is 22.2 Å². The van der Waals surface area contributed by atoms with Crippen molar-refractivity contribution >= 4 is 34.2 Å². The van der Waals surface area contributed by atoms with Gasteiger partial charge in [0.15, 0.2) is 0 Å². The Morgan fingerprint density at radius 3 is 2.90 bits per heavy atom. The second-order valence-electron chi connectivity index (χ2n) is 4.71. The van der Waals surface area contributed by atoms with Crippen molar-refractivity contribution in [2.45, 2.75) is 6.54 Å². The largest absolute Gasteiger partial charge is 0.478 e. The molecule has 0 fully saturated rings. The number of carboxylic acids is 1. The number of rotatable bonds is 4. The first-order valence-electron chi connectivity index (χ1n) is 6.47. The van der Waals surface area contributed by atoms with Crippen molar-refractivity contribution in [2.24, 2.45) is 0 Å². The molecule has 1 aromatic heterocycles. The molecule has 0 aliphatic carbocycles. The zero-order chi connectivity index (χ0) is 14.8. The number of carbonyl (C=O) groups is 1. The number of aromatic carboxylic acids is 1. The molecule has 5 heteroatoms. The third kappa shape index (κ3) is 2.71. The van der Waals surface area contributed by atoms with Crippen molar-refractivity contribution in [3.63, 3.8) is 0 Å². The predicted octanol–water partition coefficient (Wildman–Crippen LogP) is 4.13. The molecular weight excluding hydrogens is 288 g/mol. The van der Waals surface area contributed by atoms with E-state index in [1.54, 1.807) is 18.2 Å². The zero-order valence-corrected chi connectivity index (χ0v) is 11.8. The van der Waals surface area contributed by atoms with Crippen LogP contribution in [0.25, 0.3) is 10.9 Å². The molecule has 0 radical (unpaired) electrons. The van der Waals surface area contributed by atoms with E-state index in [1.807, 2.05) is 30.5 Å². The summed E-state index contributed by atoms with van der Waals surface area (Å²) >= 11 is 5.86. The number of aromatic nitrogens is 1. The summed E-state index contributed by atoms with van der Waals surface area (Å²) in [6.07, 6.45) is 1.90. The Morgan fingerprint density at radius 2 is 2.10 bits per heavy atom. The molecule has 0 aliphatic heterocycles. The Labute approximate surface area is 126 Å². The SMILES string of the molecule is O=C(O)c1cc(NCc2cccc3[nH]ccc23)ccc1Cl. The highest BCUT2D eigenvalue weighted by atomic mass is 35.5. The molecule has 3 N–H and O–H groups in total. The lowest BCUT2D eigenvalue weighted by Gasteiger charge is -2.09. The molecule has 2 aromatic carbocycles. The molecule has 1 heterocycles. The number of H-pyrrole nitrogens is 1. The number of hydrogen-bond acceptors (Lipinski definition) is 2. The molecular formula is C16H13ClN2O2. The predicted molar refractivity (Wildman–Crippen MR) is 84.0 cm³/mol. The molecule has 0 saturated carbocycles. The van der Waals surface area contributed by atoms with Gasteiger partial charge in [0.05, 0.1) is 10.6 Å². The molecule has 0 unspecified atom stereocenters. The van der Waals surface area contributed by atoms with Gasteiger partial charge < -0.3 is 15.4 Å². The van der Waals surface area contributed by atoms with Gasteiger partial charge in [-0.15, -0.1) is 0 Å². The fourth-order valence-corrected chi connectivity index (χ4v) is 2.50. The number of anilines is 1. The topological polar surface area (TPSA) is 65.1 Å². The van der Waals surface area contributed by atoms with Gasteiger partial charge in [0.1, 0.15) is 0 Å². The van der Waals surface area contributed by atoms with Gasteiger partial charge >= 0.3 is 5.97 Å². The minimum atomic E-state index is -1.03. The summed E-state index contributed by atoms with van der Waals surface area (Å²) in [4.78, 5) is 14.2. The quantitative estimate of drug-likeness (QED) is 0.678. The first-order valence-corrected chi connectivity index (χ1v) is 6.84. The summed E-state index contributed by atoms with van der Waals surface area (Å²) in [5.74, 6) is -1.03. The summed E-state index contributed by atoms with van der Waals surface area (Å²) in [6.45, 7) is 0.607. The molecule has 4 nitrogen and oxygen atoms in total. The number of hydrogen-bond donors (Lipinski definition) is 3. The maximum Gasteiger partial charge on any atom is 0.337 e. The molecule has 21 heavy (non-hydrogen) atoms. The van der Waals surface area contributed by atoms with Crippen LogP contribution < -0.4 is 5.32 Å². The number of fused-ring (bicyclic) bond motifs is 1. The third-order valence-corrected chi connectivity index (χ3v) is 3.69. The first kappa shape index (κ1) is 13.5. The number of aromatic amines is 1. The molecule has 0 saturated heterocycles. The van der Waals surface area contributed by atoms with E-state index in [2.05, 4.69) is 10.3 Å². The van der Waals surface area contributed by atoms with Crippen molar-refractivity contribution in [3.8, 4) is 0 Å². The van der Waals surface area contributed by atoms with Gasteiger partial charge in [0.2, 0.25) is 0 Å². The van der Waals surface area contributed by atoms with E-state index in [4.69, 9.17) is 16.7 Å². The van der Waals surface area contributed by atoms with Crippen molar-refractivity contribution in [2.75, 3.05) is 5.32 Å². The molecule has 0 atom stereocenters. The van der Waals surface area contributed by atoms with Gasteiger partial charge in [-0.2, -0.15) is 0 Å². The highest BCUT2D eigenvalue weighted by molar-refractivity contribution is 6.33. The summed E-state index contributed by atoms with van der Waals surface area (Å²) in [5, 5.41) is 13.7. The third-order valence-electron chi connectivity index (χ3n) is 3.36. The average molecular weight is 301 g/mol. The standard InChI is InChI=1S/C16H13ClN2O2/c17-14-5-4-11(8-13(14)16(20)21)19-9-10-2-1-3-15-12(10)6-7-18-15/h1-8,18-19H,9H2,(H,20,21). The molecule has 3 aromatic rings. The van der Waals surface area contributed by atoms with Crippen LogP contribution in [0, 0.1) is 0 Å². The first-order chi connectivity index (χ1) is 10.1. The second-order valence-corrected chi connectivity index (χ2v) is 5.12. The Balaban J connectivity index is 1.83. The second kappa shape index (κ2) is 5.50. The van der Waals surface area contributed by atoms with Crippen LogP contribution in [0.1, 0.15) is 15.9 Å². The number of benzene rings is 2. The van der Waals surface area contributed by atoms with E-state index in [-0.39, 0.29) is 10.6 Å². The van der Waals surface area contributed by atoms with Crippen molar-refractivity contribution in [1.82, 2.24) is 4.98 Å². The van der Waals surface area contributed by atoms with Gasteiger partial charge in [-0.3, -0.25) is 0 Å². The van der Waals surface area contributed by atoms with Crippen molar-refractivity contribution in [3.05, 3.63) is 64.8 Å². The summed E-state index contributed by atoms with van der Waals surface area (Å²) in [7, 11) is 0. The minimum Gasteiger partial charge on any atom is -0.478 e. The smallest absolute Gasteiger partial charge is 0.337 e. The number of halogens is 1. The highest BCUT2D eigenvalue weighted by Crippen LogP contribution is 2.22. The van der Waals surface area contributed by atoms with Crippen LogP contribution in [0.15, 0.2) is 48.7 Å². The highest BCUT2D eigenvalue weighted by Gasteiger charge is 2.09. The van der Waals surface area contributed by atoms with Gasteiger partial charge in [0.25, 0.3) is 0 Å². The number of nitrogens with one attached hydrogen (secondary N) is 2. The van der Waals surface area contributed by atoms with E-state index >= 15 is 0 Å². The van der Waals surface area contributed by atoms with Crippen molar-refractivity contribution < 1.29 is 9.90 Å². The Kier molecular flexibility index (Phi) is 3.54. The van der Waals surface area contributed by atoms with Crippen molar-refractivity contribution in [1.29, 1.82) is 0 Å². The van der Waals surface area contributed by atoms with Crippen LogP contribution in [0.3, 0.4) is 0 Å². The van der Waals surface area contributed by atoms with E-state index in [9.17, 15) is 4.79 Å². The van der Waals surface area contributed by atoms with Gasteiger partial charge in [-0.25, -0.2) is 4.79 Å². The maximum atomic E-state index is 11.1. The molecule has 0 aliphatic rings. The van der Waals surface area contributed by atoms with Crippen LogP contribution in [0.2, 0.25) is 5.02 Å². The van der Waals surface area contributed by atoms with Crippen LogP contribution >= 0.6 is 11.6 Å². The average Bonchev–Trinajstić information content (AvgIpc) is 2.95. The summed E-state index contributed by atoms with van der Waals surface area (Å²) < 4.78 is 0. The number of carboxylic acid groups (broad SMARTS) is 1. The monoisotopic (exact) mass is 300 g/mol. The minimum absolute atomic E-state index is 0.0986. The van der Waals surface area contributed by atoms with E-state index in [0.29, 0.717) is 6.54 Å². The summed E-state index contributed by atoms with van der Waals surface area (Å²) in [6, 6.07) is 13.0. The molecule has 3 rings (SSSR count). The zero-order valence-electron chi connectivity index (χ0n) is 11.1. The van der Waals surface area contributed by atoms with Crippen LogP contribution in [-0.2, 0) is 6.54 Å². The lowest BCUT2D eigenvalue weighted by molar-refractivity contribution is 0.0697. The fourth-order valence-electron chi connectivity index (χ4n) is 2.30. The van der Waals surface area contributed by atoms with Gasteiger partial charge in [-0.1, -0.05) is 23.7 Å². The van der Waals surface area contributed by atoms with E-state index in [1.165, 1.54) is 0 Å². The molecule has 0 spiro atoms. The van der Waals surface area contributed by atoms with E-state index < -0.39 is 5.97 Å². The molecule has 0 amide bonds. The van der Waals surface area contributed by atoms with Crippen LogP contribution in [0.4, 0.5) is 5.69 Å². The van der Waals surface area contributed by atoms with Gasteiger partial charge in [-0.05, 0) is 35.9 Å². The molecule has 0 bridgehead atoms. The normalized spacial score (nSPS) is 10.7. The summed E-state index contributed by atoms with van der Waals surface area (Å²) in [5.41, 5.74) is 3.04. The fraction of sp³-hybridized carbons (Fsp3) is 0.0625. The van der Waals surface area contributed by atoms with Crippen LogP contribution in [-0.4, -0.2) is 16.1 Å². The lowest BCUT2D eigenvalue weighted by Crippen LogP contribution is -2.03. The Bertz CT molecular complexity index is 811. The Hall–Kier alpha value is -2.46. The maximum absolute atomic E-state index is 11.1.